The van der Waals surface area contributed by atoms with E-state index in [4.69, 9.17) is 5.73 Å². The van der Waals surface area contributed by atoms with Crippen LogP contribution in [0.5, 0.6) is 0 Å². The van der Waals surface area contributed by atoms with Gasteiger partial charge in [0.1, 0.15) is 0 Å². The van der Waals surface area contributed by atoms with Crippen LogP contribution in [0.3, 0.4) is 0 Å². The molecule has 1 saturated heterocycles. The Kier molecular flexibility index (Phi) is 3.83. The Hall–Kier alpha value is -0.120. The molecule has 0 spiro atoms. The van der Waals surface area contributed by atoms with E-state index in [-0.39, 0.29) is 6.10 Å². The summed E-state index contributed by atoms with van der Waals surface area (Å²) in [5, 5.41) is 12.8. The van der Waals surface area contributed by atoms with E-state index in [0.29, 0.717) is 12.6 Å². The van der Waals surface area contributed by atoms with Gasteiger partial charge in [0.15, 0.2) is 0 Å². The number of aliphatic hydroxyl groups is 1. The molecule has 0 radical (unpaired) electrons. The van der Waals surface area contributed by atoms with E-state index >= 15 is 0 Å². The number of piperidine rings is 1. The highest BCUT2D eigenvalue weighted by molar-refractivity contribution is 4.79. The number of hydrogen-bond donors (Lipinski definition) is 3. The summed E-state index contributed by atoms with van der Waals surface area (Å²) in [5.74, 6) is 0. The molecular formula is C8H18N2O. The molecule has 0 bridgehead atoms. The van der Waals surface area contributed by atoms with Crippen LogP contribution in [0.15, 0.2) is 0 Å². The van der Waals surface area contributed by atoms with Crippen LogP contribution in [-0.2, 0) is 0 Å². The lowest BCUT2D eigenvalue weighted by molar-refractivity contribution is 0.107. The minimum Gasteiger partial charge on any atom is -0.391 e. The zero-order valence-corrected chi connectivity index (χ0v) is 6.92. The number of aliphatic hydroxyl groups excluding tert-OH is 1. The lowest BCUT2D eigenvalue weighted by Gasteiger charge is -2.27. The lowest BCUT2D eigenvalue weighted by atomic mass is 9.98. The minimum absolute atomic E-state index is 0.236. The van der Waals surface area contributed by atoms with Crippen LogP contribution >= 0.6 is 0 Å². The standard InChI is InChI=1S/C8H18N2O/c9-5-4-8(11)7-3-1-2-6-10-7/h7-8,10-11H,1-6,9H2. The van der Waals surface area contributed by atoms with Crippen molar-refractivity contribution in [2.45, 2.75) is 37.8 Å². The Balaban J connectivity index is 2.21. The largest absolute Gasteiger partial charge is 0.391 e. The molecule has 0 amide bonds. The average Bonchev–Trinajstić information content (AvgIpc) is 2.07. The first-order valence-corrected chi connectivity index (χ1v) is 4.46. The zero-order valence-electron chi connectivity index (χ0n) is 6.92. The second-order valence-electron chi connectivity index (χ2n) is 3.20. The fraction of sp³-hybridized carbons (Fsp3) is 1.00. The van der Waals surface area contributed by atoms with Gasteiger partial charge < -0.3 is 16.2 Å². The normalized spacial score (nSPS) is 28.4. The van der Waals surface area contributed by atoms with Gasteiger partial charge in [0.25, 0.3) is 0 Å². The van der Waals surface area contributed by atoms with Crippen LogP contribution in [0, 0.1) is 0 Å². The van der Waals surface area contributed by atoms with Crippen molar-refractivity contribution in [3.05, 3.63) is 0 Å². The van der Waals surface area contributed by atoms with Crippen molar-refractivity contribution in [2.75, 3.05) is 13.1 Å². The third-order valence-electron chi connectivity index (χ3n) is 2.28. The number of hydrogen-bond acceptors (Lipinski definition) is 3. The van der Waals surface area contributed by atoms with Crippen molar-refractivity contribution < 1.29 is 5.11 Å². The molecule has 1 fully saturated rings. The van der Waals surface area contributed by atoms with Gasteiger partial charge in [-0.1, -0.05) is 6.42 Å². The smallest absolute Gasteiger partial charge is 0.0705 e. The van der Waals surface area contributed by atoms with Crippen molar-refractivity contribution in [3.63, 3.8) is 0 Å². The van der Waals surface area contributed by atoms with Gasteiger partial charge in [-0.25, -0.2) is 0 Å². The van der Waals surface area contributed by atoms with E-state index in [1.54, 1.807) is 0 Å². The Labute approximate surface area is 68.0 Å². The van der Waals surface area contributed by atoms with Crippen molar-refractivity contribution in [1.82, 2.24) is 5.32 Å². The molecule has 66 valence electrons. The van der Waals surface area contributed by atoms with E-state index in [0.717, 1.165) is 19.4 Å². The monoisotopic (exact) mass is 158 g/mol. The molecule has 1 aliphatic heterocycles. The van der Waals surface area contributed by atoms with Crippen molar-refractivity contribution in [1.29, 1.82) is 0 Å². The summed E-state index contributed by atoms with van der Waals surface area (Å²) >= 11 is 0. The summed E-state index contributed by atoms with van der Waals surface area (Å²) in [6.07, 6.45) is 4.06. The van der Waals surface area contributed by atoms with Gasteiger partial charge >= 0.3 is 0 Å². The van der Waals surface area contributed by atoms with Gasteiger partial charge in [-0.15, -0.1) is 0 Å². The molecule has 0 saturated carbocycles. The topological polar surface area (TPSA) is 58.3 Å². The molecule has 3 heteroatoms. The van der Waals surface area contributed by atoms with E-state index in [2.05, 4.69) is 5.32 Å². The fourth-order valence-corrected chi connectivity index (χ4v) is 1.58. The molecule has 2 atom stereocenters. The highest BCUT2D eigenvalue weighted by Gasteiger charge is 2.19. The zero-order chi connectivity index (χ0) is 8.10. The third-order valence-corrected chi connectivity index (χ3v) is 2.28. The Morgan fingerprint density at radius 1 is 1.55 bits per heavy atom. The number of rotatable bonds is 3. The predicted molar refractivity (Wildman–Crippen MR) is 45.3 cm³/mol. The van der Waals surface area contributed by atoms with E-state index in [1.807, 2.05) is 0 Å². The maximum atomic E-state index is 9.53. The average molecular weight is 158 g/mol. The Morgan fingerprint density at radius 3 is 2.91 bits per heavy atom. The second-order valence-corrected chi connectivity index (χ2v) is 3.20. The first kappa shape index (κ1) is 8.97. The molecule has 0 aromatic rings. The van der Waals surface area contributed by atoms with Crippen LogP contribution in [0.25, 0.3) is 0 Å². The summed E-state index contributed by atoms with van der Waals surface area (Å²) in [6, 6.07) is 0.298. The SMILES string of the molecule is NCCC(O)C1CCCCN1. The first-order chi connectivity index (χ1) is 5.34. The van der Waals surface area contributed by atoms with Crippen LogP contribution in [0.2, 0.25) is 0 Å². The van der Waals surface area contributed by atoms with Crippen molar-refractivity contribution >= 4 is 0 Å². The lowest BCUT2D eigenvalue weighted by Crippen LogP contribution is -2.43. The second kappa shape index (κ2) is 4.70. The third kappa shape index (κ3) is 2.77. The number of nitrogens with one attached hydrogen (secondary N) is 1. The van der Waals surface area contributed by atoms with Crippen LogP contribution in [0.4, 0.5) is 0 Å². The summed E-state index contributed by atoms with van der Waals surface area (Å²) in [5.41, 5.74) is 5.35. The van der Waals surface area contributed by atoms with E-state index in [9.17, 15) is 5.11 Å². The van der Waals surface area contributed by atoms with Crippen LogP contribution < -0.4 is 11.1 Å². The molecule has 1 aliphatic rings. The summed E-state index contributed by atoms with van der Waals surface area (Å²) in [6.45, 7) is 1.63. The van der Waals surface area contributed by atoms with Crippen LogP contribution in [0.1, 0.15) is 25.7 Å². The van der Waals surface area contributed by atoms with E-state index in [1.165, 1.54) is 12.8 Å². The summed E-state index contributed by atoms with van der Waals surface area (Å²) in [7, 11) is 0. The molecule has 3 nitrogen and oxygen atoms in total. The molecule has 1 rings (SSSR count). The van der Waals surface area contributed by atoms with Gasteiger partial charge in [-0.05, 0) is 32.4 Å². The van der Waals surface area contributed by atoms with Gasteiger partial charge in [0.05, 0.1) is 6.10 Å². The summed E-state index contributed by atoms with van der Waals surface area (Å²) in [4.78, 5) is 0. The van der Waals surface area contributed by atoms with Gasteiger partial charge in [-0.2, -0.15) is 0 Å². The Morgan fingerprint density at radius 2 is 2.36 bits per heavy atom. The highest BCUT2D eigenvalue weighted by Crippen LogP contribution is 2.11. The fourth-order valence-electron chi connectivity index (χ4n) is 1.58. The molecule has 0 aromatic carbocycles. The minimum atomic E-state index is -0.236. The van der Waals surface area contributed by atoms with Crippen molar-refractivity contribution in [2.24, 2.45) is 5.73 Å². The molecular weight excluding hydrogens is 140 g/mol. The molecule has 1 heterocycles. The van der Waals surface area contributed by atoms with Gasteiger partial charge in [0, 0.05) is 6.04 Å². The maximum absolute atomic E-state index is 9.53. The maximum Gasteiger partial charge on any atom is 0.0705 e. The first-order valence-electron chi connectivity index (χ1n) is 4.46. The van der Waals surface area contributed by atoms with E-state index < -0.39 is 0 Å². The molecule has 2 unspecified atom stereocenters. The molecule has 0 aromatic heterocycles. The quantitative estimate of drug-likeness (QED) is 0.535. The predicted octanol–water partition coefficient (Wildman–Crippen LogP) is -0.162. The Bertz CT molecular complexity index is 102. The molecule has 4 N–H and O–H groups in total. The van der Waals surface area contributed by atoms with Gasteiger partial charge in [-0.3, -0.25) is 0 Å². The number of nitrogens with two attached hydrogens (primary N) is 1. The van der Waals surface area contributed by atoms with Crippen LogP contribution in [-0.4, -0.2) is 30.3 Å². The molecule has 0 aliphatic carbocycles. The van der Waals surface area contributed by atoms with Gasteiger partial charge in [0.2, 0.25) is 0 Å². The molecule has 11 heavy (non-hydrogen) atoms. The van der Waals surface area contributed by atoms with Crippen molar-refractivity contribution in [3.8, 4) is 0 Å². The summed E-state index contributed by atoms with van der Waals surface area (Å²) < 4.78 is 0. The highest BCUT2D eigenvalue weighted by atomic mass is 16.3.